The van der Waals surface area contributed by atoms with Gasteiger partial charge in [-0.1, -0.05) is 0 Å². The van der Waals surface area contributed by atoms with E-state index in [9.17, 15) is 0 Å². The van der Waals surface area contributed by atoms with E-state index in [0.29, 0.717) is 0 Å². The van der Waals surface area contributed by atoms with Crippen LogP contribution in [0.3, 0.4) is 0 Å². The molecule has 0 saturated carbocycles. The molecular weight excluding hydrogens is 392 g/mol. The average Bonchev–Trinajstić information content (AvgIpc) is 2.62. The molecule has 0 aliphatic rings. The molecule has 3 aromatic carbocycles. The molecule has 1 nitrogen and oxygen atoms in total. The molecule has 23 heavy (non-hydrogen) atoms. The van der Waals surface area contributed by atoms with Gasteiger partial charge in [-0.25, -0.2) is 0 Å². The van der Waals surface area contributed by atoms with Crippen molar-refractivity contribution in [2.24, 2.45) is 4.01 Å². The van der Waals surface area contributed by atoms with E-state index in [1.54, 1.807) is 0 Å². The van der Waals surface area contributed by atoms with Crippen LogP contribution >= 0.6 is 20.2 Å². The van der Waals surface area contributed by atoms with Crippen LogP contribution in [0.2, 0.25) is 0 Å². The van der Waals surface area contributed by atoms with Crippen LogP contribution in [0, 0.1) is 0 Å². The van der Waals surface area contributed by atoms with Gasteiger partial charge in [0.25, 0.3) is 0 Å². The van der Waals surface area contributed by atoms with Crippen molar-refractivity contribution in [2.75, 3.05) is 0 Å². The Balaban J connectivity index is 2.12. The summed E-state index contributed by atoms with van der Waals surface area (Å²) in [6.45, 7) is 0. The van der Waals surface area contributed by atoms with Gasteiger partial charge < -0.3 is 0 Å². The molecule has 0 aliphatic heterocycles. The maximum atomic E-state index is 6.69. The second kappa shape index (κ2) is 7.33. The predicted octanol–water partition coefficient (Wildman–Crippen LogP) is 4.85. The molecule has 0 radical (unpaired) electrons. The van der Waals surface area contributed by atoms with Crippen molar-refractivity contribution in [2.45, 2.75) is 0 Å². The Kier molecular flexibility index (Phi) is 5.19. The Morgan fingerprint density at radius 1 is 0.609 bits per heavy atom. The number of halogens is 2. The van der Waals surface area contributed by atoms with Crippen molar-refractivity contribution < 1.29 is 0 Å². The third kappa shape index (κ3) is 4.04. The van der Waals surface area contributed by atoms with Crippen LogP contribution in [0.1, 0.15) is 11.1 Å². The summed E-state index contributed by atoms with van der Waals surface area (Å²) in [5.41, 5.74) is 2.86. The molecule has 0 spiro atoms. The first kappa shape index (κ1) is 16.3. The third-order valence-corrected chi connectivity index (χ3v) is 8.52. The van der Waals surface area contributed by atoms with Crippen LogP contribution in [0.25, 0.3) is 0 Å². The van der Waals surface area contributed by atoms with Gasteiger partial charge in [0.05, 0.1) is 0 Å². The fourth-order valence-corrected chi connectivity index (χ4v) is 6.16. The van der Waals surface area contributed by atoms with Crippen molar-refractivity contribution >= 4 is 41.6 Å². The van der Waals surface area contributed by atoms with E-state index in [1.807, 2.05) is 91.0 Å². The fourth-order valence-electron chi connectivity index (χ4n) is 2.22. The summed E-state index contributed by atoms with van der Waals surface area (Å²) in [4.78, 5) is 0. The molecule has 0 bridgehead atoms. The summed E-state index contributed by atoms with van der Waals surface area (Å²) in [5, 5.41) is 0. The fraction of sp³-hybridized carbons (Fsp3) is 0. The average molecular weight is 407 g/mol. The molecule has 4 heteroatoms. The normalized spacial score (nSPS) is 11.7. The monoisotopic (exact) mass is 407 g/mol. The summed E-state index contributed by atoms with van der Waals surface area (Å²) in [6.07, 6.45) is 0. The first-order valence-corrected chi connectivity index (χ1v) is 13.3. The van der Waals surface area contributed by atoms with Crippen LogP contribution in [-0.2, 0) is 0 Å². The molecule has 0 N–H and O–H groups in total. The SMILES string of the molecule is Cl[Se](Cl)(N=C(c1ccccc1)c1ccccc1)c1ccccc1. The minimum atomic E-state index is -3.18. The van der Waals surface area contributed by atoms with E-state index >= 15 is 0 Å². The maximum absolute atomic E-state index is 6.69. The number of hydrogen-bond acceptors (Lipinski definition) is 1. The van der Waals surface area contributed by atoms with Crippen molar-refractivity contribution in [3.8, 4) is 0 Å². The first-order valence-electron chi connectivity index (χ1n) is 7.15. The van der Waals surface area contributed by atoms with Crippen LogP contribution in [0.4, 0.5) is 0 Å². The molecule has 3 rings (SSSR count). The van der Waals surface area contributed by atoms with Crippen LogP contribution < -0.4 is 4.46 Å². The minimum absolute atomic E-state index is 0.833. The van der Waals surface area contributed by atoms with Gasteiger partial charge in [-0.15, -0.1) is 0 Å². The molecule has 0 fully saturated rings. The Morgan fingerprint density at radius 3 is 1.43 bits per heavy atom. The van der Waals surface area contributed by atoms with Gasteiger partial charge in [-0.05, 0) is 0 Å². The van der Waals surface area contributed by atoms with E-state index in [0.717, 1.165) is 21.3 Å². The molecule has 3 aromatic rings. The van der Waals surface area contributed by atoms with Gasteiger partial charge in [-0.2, -0.15) is 0 Å². The first-order chi connectivity index (χ1) is 11.2. The quantitative estimate of drug-likeness (QED) is 0.433. The number of rotatable bonds is 4. The Labute approximate surface area is 147 Å². The summed E-state index contributed by atoms with van der Waals surface area (Å²) < 4.78 is 5.72. The second-order valence-electron chi connectivity index (χ2n) is 4.93. The standard InChI is InChI=1S/C19H15Cl2NSe/c20-23(21,18-14-8-3-9-15-18)22-19(16-10-4-1-5-11-16)17-12-6-2-7-13-17/h1-15H. The van der Waals surface area contributed by atoms with Gasteiger partial charge in [-0.3, -0.25) is 0 Å². The van der Waals surface area contributed by atoms with E-state index < -0.39 is 11.2 Å². The molecule has 0 atom stereocenters. The molecule has 0 aliphatic carbocycles. The number of hydrogen-bond donors (Lipinski definition) is 0. The molecule has 0 unspecified atom stereocenters. The molecule has 0 amide bonds. The predicted molar refractivity (Wildman–Crippen MR) is 102 cm³/mol. The summed E-state index contributed by atoms with van der Waals surface area (Å²) in [7, 11) is 13.4. The summed E-state index contributed by atoms with van der Waals surface area (Å²) in [6, 6.07) is 29.7. The van der Waals surface area contributed by atoms with Crippen LogP contribution in [-0.4, -0.2) is 17.0 Å². The Bertz CT molecular complexity index is 746. The summed E-state index contributed by atoms with van der Waals surface area (Å²) in [5.74, 6) is 0. The van der Waals surface area contributed by atoms with Gasteiger partial charge in [0.2, 0.25) is 0 Å². The van der Waals surface area contributed by atoms with E-state index in [2.05, 4.69) is 0 Å². The number of nitrogens with zero attached hydrogens (tertiary/aromatic N) is 1. The Morgan fingerprint density at radius 2 is 1.00 bits per heavy atom. The molecular formula is C19H15Cl2NSe. The van der Waals surface area contributed by atoms with Crippen molar-refractivity contribution in [3.63, 3.8) is 0 Å². The number of benzene rings is 3. The van der Waals surface area contributed by atoms with Gasteiger partial charge >= 0.3 is 148 Å². The van der Waals surface area contributed by atoms with E-state index in [4.69, 9.17) is 24.2 Å². The zero-order chi connectivity index (χ0) is 16.1. The van der Waals surface area contributed by atoms with Crippen molar-refractivity contribution in [3.05, 3.63) is 102 Å². The molecule has 0 heterocycles. The van der Waals surface area contributed by atoms with Gasteiger partial charge in [0.1, 0.15) is 0 Å². The topological polar surface area (TPSA) is 12.4 Å². The third-order valence-electron chi connectivity index (χ3n) is 3.33. The zero-order valence-corrected chi connectivity index (χ0v) is 15.5. The van der Waals surface area contributed by atoms with Crippen molar-refractivity contribution in [1.82, 2.24) is 0 Å². The van der Waals surface area contributed by atoms with E-state index in [-0.39, 0.29) is 0 Å². The Hall–Kier alpha value is -1.57. The van der Waals surface area contributed by atoms with Crippen LogP contribution in [0.15, 0.2) is 95.0 Å². The summed E-state index contributed by atoms with van der Waals surface area (Å²) >= 11 is -3.18. The second-order valence-corrected chi connectivity index (χ2v) is 13.6. The molecule has 0 saturated heterocycles. The molecule has 0 aromatic heterocycles. The van der Waals surface area contributed by atoms with Gasteiger partial charge in [0.15, 0.2) is 0 Å². The van der Waals surface area contributed by atoms with Gasteiger partial charge in [0, 0.05) is 0 Å². The van der Waals surface area contributed by atoms with E-state index in [1.165, 1.54) is 0 Å². The zero-order valence-electron chi connectivity index (χ0n) is 12.3. The van der Waals surface area contributed by atoms with Crippen molar-refractivity contribution in [1.29, 1.82) is 0 Å². The van der Waals surface area contributed by atoms with Crippen LogP contribution in [0.5, 0.6) is 0 Å². The molecule has 116 valence electrons.